The second kappa shape index (κ2) is 11.2. The van der Waals surface area contributed by atoms with Crippen LogP contribution >= 0.6 is 0 Å². The van der Waals surface area contributed by atoms with Gasteiger partial charge in [0.25, 0.3) is 0 Å². The number of aliphatic hydroxyl groups is 1. The van der Waals surface area contributed by atoms with Crippen molar-refractivity contribution in [3.05, 3.63) is 11.3 Å². The van der Waals surface area contributed by atoms with Crippen LogP contribution in [0.2, 0.25) is 0 Å². The predicted octanol–water partition coefficient (Wildman–Crippen LogP) is 3.52. The van der Waals surface area contributed by atoms with Gasteiger partial charge in [-0.1, -0.05) is 38.5 Å². The van der Waals surface area contributed by atoms with Gasteiger partial charge >= 0.3 is 0 Å². The fraction of sp³-hybridized carbons (Fsp3) is 0.778. The molecule has 0 saturated carbocycles. The molecule has 1 aromatic heterocycles. The number of ether oxygens (including phenoxy) is 1. The van der Waals surface area contributed by atoms with Gasteiger partial charge < -0.3 is 14.7 Å². The van der Waals surface area contributed by atoms with Crippen molar-refractivity contribution in [2.45, 2.75) is 64.7 Å². The predicted molar refractivity (Wildman–Crippen MR) is 95.4 cm³/mol. The minimum absolute atomic E-state index is 0.330. The van der Waals surface area contributed by atoms with E-state index in [0.717, 1.165) is 36.9 Å². The number of aryl methyl sites for hydroxylation is 1. The van der Waals surface area contributed by atoms with Crippen molar-refractivity contribution in [2.75, 3.05) is 32.7 Å². The zero-order chi connectivity index (χ0) is 17.1. The number of hydrogen-bond acceptors (Lipinski definition) is 5. The average molecular weight is 323 g/mol. The van der Waals surface area contributed by atoms with Crippen LogP contribution in [-0.2, 0) is 6.42 Å². The maximum absolute atomic E-state index is 8.74. The Balaban J connectivity index is 2.35. The van der Waals surface area contributed by atoms with Crippen LogP contribution in [0, 0.1) is 6.92 Å². The van der Waals surface area contributed by atoms with E-state index >= 15 is 0 Å². The molecule has 0 radical (unpaired) electrons. The lowest BCUT2D eigenvalue weighted by atomic mass is 10.0. The van der Waals surface area contributed by atoms with Crippen LogP contribution in [0.3, 0.4) is 0 Å². The summed E-state index contributed by atoms with van der Waals surface area (Å²) < 4.78 is 5.37. The average Bonchev–Trinajstić information content (AvgIpc) is 2.54. The lowest BCUT2D eigenvalue weighted by Gasteiger charge is -2.15. The monoisotopic (exact) mass is 323 g/mol. The van der Waals surface area contributed by atoms with Crippen LogP contribution < -0.4 is 9.64 Å². The van der Waals surface area contributed by atoms with E-state index in [1.54, 1.807) is 7.11 Å². The molecule has 0 atom stereocenters. The van der Waals surface area contributed by atoms with Crippen LogP contribution in [0.25, 0.3) is 0 Å². The lowest BCUT2D eigenvalue weighted by Crippen LogP contribution is -2.15. The molecule has 0 amide bonds. The molecule has 0 saturated heterocycles. The molecule has 1 rings (SSSR count). The highest BCUT2D eigenvalue weighted by Crippen LogP contribution is 2.22. The van der Waals surface area contributed by atoms with Gasteiger partial charge in [-0.05, 0) is 26.2 Å². The van der Waals surface area contributed by atoms with Crippen molar-refractivity contribution in [1.29, 1.82) is 0 Å². The molecule has 0 aliphatic rings. The van der Waals surface area contributed by atoms with Gasteiger partial charge in [0.2, 0.25) is 11.8 Å². The van der Waals surface area contributed by atoms with Gasteiger partial charge in [-0.25, -0.2) is 4.98 Å². The Labute approximate surface area is 141 Å². The molecular weight excluding hydrogens is 290 g/mol. The highest BCUT2D eigenvalue weighted by Gasteiger charge is 2.12. The number of methoxy groups -OCH3 is 1. The summed E-state index contributed by atoms with van der Waals surface area (Å²) in [6.45, 7) is 2.37. The molecule has 5 heteroatoms. The molecule has 0 fully saturated rings. The Bertz CT molecular complexity index is 450. The van der Waals surface area contributed by atoms with E-state index < -0.39 is 0 Å². The van der Waals surface area contributed by atoms with E-state index in [0.29, 0.717) is 18.4 Å². The summed E-state index contributed by atoms with van der Waals surface area (Å²) in [5.41, 5.74) is 2.16. The van der Waals surface area contributed by atoms with Crippen LogP contribution in [0.1, 0.15) is 62.6 Å². The van der Waals surface area contributed by atoms with Crippen LogP contribution in [0.4, 0.5) is 5.95 Å². The van der Waals surface area contributed by atoms with Crippen molar-refractivity contribution in [2.24, 2.45) is 0 Å². The molecule has 132 valence electrons. The van der Waals surface area contributed by atoms with Crippen LogP contribution in [-0.4, -0.2) is 42.9 Å². The topological polar surface area (TPSA) is 58.5 Å². The fourth-order valence-corrected chi connectivity index (χ4v) is 2.63. The first-order valence-electron chi connectivity index (χ1n) is 8.79. The zero-order valence-corrected chi connectivity index (χ0v) is 15.3. The van der Waals surface area contributed by atoms with Gasteiger partial charge in [0.05, 0.1) is 12.8 Å². The first-order valence-corrected chi connectivity index (χ1v) is 8.79. The lowest BCUT2D eigenvalue weighted by molar-refractivity contribution is 0.282. The Morgan fingerprint density at radius 2 is 1.48 bits per heavy atom. The summed E-state index contributed by atoms with van der Waals surface area (Å²) in [7, 11) is 5.56. The molecule has 0 aliphatic carbocycles. The highest BCUT2D eigenvalue weighted by molar-refractivity contribution is 5.38. The maximum Gasteiger partial charge on any atom is 0.228 e. The van der Waals surface area contributed by atoms with Gasteiger partial charge in [-0.2, -0.15) is 4.98 Å². The van der Waals surface area contributed by atoms with Crippen LogP contribution in [0.15, 0.2) is 0 Å². The molecule has 0 aromatic carbocycles. The molecule has 1 aromatic rings. The molecular formula is C18H33N3O2. The summed E-state index contributed by atoms with van der Waals surface area (Å²) in [6, 6.07) is 0. The minimum Gasteiger partial charge on any atom is -0.481 e. The molecule has 1 N–H and O–H groups in total. The standard InChI is InChI=1S/C18H33N3O2/c1-15-16(19-18(21(2)3)20-17(15)23-4)13-11-9-7-5-6-8-10-12-14-22/h22H,5-14H2,1-4H3. The highest BCUT2D eigenvalue weighted by atomic mass is 16.5. The Kier molecular flexibility index (Phi) is 9.60. The van der Waals surface area contributed by atoms with E-state index in [1.807, 2.05) is 25.9 Å². The van der Waals surface area contributed by atoms with Crippen molar-refractivity contribution in [3.8, 4) is 5.88 Å². The summed E-state index contributed by atoms with van der Waals surface area (Å²) >= 11 is 0. The third-order valence-corrected chi connectivity index (χ3v) is 4.11. The van der Waals surface area contributed by atoms with Crippen LogP contribution in [0.5, 0.6) is 5.88 Å². The van der Waals surface area contributed by atoms with E-state index in [1.165, 1.54) is 32.1 Å². The Morgan fingerprint density at radius 3 is 2.00 bits per heavy atom. The van der Waals surface area contributed by atoms with Gasteiger partial charge in [0, 0.05) is 26.3 Å². The molecule has 0 aliphatic heterocycles. The van der Waals surface area contributed by atoms with Gasteiger partial charge in [-0.15, -0.1) is 0 Å². The number of hydrogen-bond donors (Lipinski definition) is 1. The number of aliphatic hydroxyl groups excluding tert-OH is 1. The van der Waals surface area contributed by atoms with Crippen molar-refractivity contribution >= 4 is 5.95 Å². The Hall–Kier alpha value is -1.36. The normalized spacial score (nSPS) is 10.8. The number of aromatic nitrogens is 2. The molecule has 0 unspecified atom stereocenters. The maximum atomic E-state index is 8.74. The smallest absolute Gasteiger partial charge is 0.228 e. The minimum atomic E-state index is 0.330. The largest absolute Gasteiger partial charge is 0.481 e. The molecule has 23 heavy (non-hydrogen) atoms. The second-order valence-corrected chi connectivity index (χ2v) is 6.30. The second-order valence-electron chi connectivity index (χ2n) is 6.30. The Morgan fingerprint density at radius 1 is 0.913 bits per heavy atom. The van der Waals surface area contributed by atoms with E-state index in [9.17, 15) is 0 Å². The summed E-state index contributed by atoms with van der Waals surface area (Å²) in [6.07, 6.45) is 10.6. The first kappa shape index (κ1) is 19.7. The zero-order valence-electron chi connectivity index (χ0n) is 15.3. The number of anilines is 1. The fourth-order valence-electron chi connectivity index (χ4n) is 2.63. The van der Waals surface area contributed by atoms with Gasteiger partial charge in [0.15, 0.2) is 0 Å². The number of rotatable bonds is 12. The SMILES string of the molecule is COc1nc(N(C)C)nc(CCCCCCCCCCO)c1C. The van der Waals surface area contributed by atoms with Gasteiger partial charge in [-0.3, -0.25) is 0 Å². The third-order valence-electron chi connectivity index (χ3n) is 4.11. The van der Waals surface area contributed by atoms with Crippen molar-refractivity contribution < 1.29 is 9.84 Å². The molecule has 5 nitrogen and oxygen atoms in total. The summed E-state index contributed by atoms with van der Waals surface area (Å²) in [5, 5.41) is 8.74. The summed E-state index contributed by atoms with van der Waals surface area (Å²) in [4.78, 5) is 11.0. The first-order chi connectivity index (χ1) is 11.1. The quantitative estimate of drug-likeness (QED) is 0.596. The van der Waals surface area contributed by atoms with Gasteiger partial charge in [0.1, 0.15) is 0 Å². The molecule has 0 spiro atoms. The third kappa shape index (κ3) is 7.16. The van der Waals surface area contributed by atoms with E-state index in [4.69, 9.17) is 9.84 Å². The van der Waals surface area contributed by atoms with E-state index in [2.05, 4.69) is 9.97 Å². The summed E-state index contributed by atoms with van der Waals surface area (Å²) in [5.74, 6) is 1.40. The number of nitrogens with zero attached hydrogens (tertiary/aromatic N) is 3. The molecule has 0 bridgehead atoms. The van der Waals surface area contributed by atoms with Crippen molar-refractivity contribution in [3.63, 3.8) is 0 Å². The van der Waals surface area contributed by atoms with Crippen molar-refractivity contribution in [1.82, 2.24) is 9.97 Å². The molecule has 1 heterocycles. The number of unbranched alkanes of at least 4 members (excludes halogenated alkanes) is 7. The van der Waals surface area contributed by atoms with E-state index in [-0.39, 0.29) is 0 Å².